The number of anilines is 2. The molecule has 2 aromatic rings. The molecule has 1 fully saturated rings. The van der Waals surface area contributed by atoms with E-state index in [1.807, 2.05) is 13.8 Å². The van der Waals surface area contributed by atoms with Crippen molar-refractivity contribution in [1.82, 2.24) is 15.0 Å². The summed E-state index contributed by atoms with van der Waals surface area (Å²) < 4.78 is 5.69. The Morgan fingerprint density at radius 2 is 2.14 bits per heavy atom. The largest absolute Gasteiger partial charge is 0.474 e. The third-order valence-corrected chi connectivity index (χ3v) is 4.80. The highest BCUT2D eigenvalue weighted by Gasteiger charge is 2.33. The van der Waals surface area contributed by atoms with E-state index in [4.69, 9.17) is 22.1 Å². The van der Waals surface area contributed by atoms with Crippen LogP contribution in [0.15, 0.2) is 18.3 Å². The van der Waals surface area contributed by atoms with Crippen molar-refractivity contribution >= 4 is 23.4 Å². The molecule has 0 bridgehead atoms. The average Bonchev–Trinajstić information content (AvgIpc) is 3.01. The number of nitrogens with zero attached hydrogens (tertiary/aromatic N) is 3. The van der Waals surface area contributed by atoms with Crippen LogP contribution < -0.4 is 15.8 Å². The number of nitrogen functional groups attached to an aromatic ring is 1. The lowest BCUT2D eigenvalue weighted by molar-refractivity contribution is 0.157. The summed E-state index contributed by atoms with van der Waals surface area (Å²) in [7, 11) is 0. The summed E-state index contributed by atoms with van der Waals surface area (Å²) in [5.41, 5.74) is 6.71. The Hall–Kier alpha value is -2.60. The molecule has 3 rings (SSSR count). The van der Waals surface area contributed by atoms with Gasteiger partial charge in [0.2, 0.25) is 11.8 Å². The van der Waals surface area contributed by atoms with Gasteiger partial charge in [-0.25, -0.2) is 4.98 Å². The maximum Gasteiger partial charge on any atom is 0.229 e. The lowest BCUT2D eigenvalue weighted by Crippen LogP contribution is -2.29. The highest BCUT2D eigenvalue weighted by atomic mass is 35.5. The normalized spacial score (nSPS) is 21.0. The minimum absolute atomic E-state index is 0.000507. The van der Waals surface area contributed by atoms with Gasteiger partial charge in [-0.05, 0) is 44.7 Å². The molecule has 5 N–H and O–H groups in total. The monoisotopic (exact) mass is 417 g/mol. The fourth-order valence-electron chi connectivity index (χ4n) is 3.20. The number of halogens is 1. The number of rotatable bonds is 5. The number of ether oxygens (including phenoxy) is 1. The zero-order valence-electron chi connectivity index (χ0n) is 16.3. The molecular weight excluding hydrogens is 394 g/mol. The number of aromatic nitrogens is 3. The van der Waals surface area contributed by atoms with Gasteiger partial charge < -0.3 is 26.0 Å². The molecule has 0 aliphatic heterocycles. The Morgan fingerprint density at radius 1 is 1.34 bits per heavy atom. The van der Waals surface area contributed by atoms with Crippen LogP contribution in [0.1, 0.15) is 37.8 Å². The van der Waals surface area contributed by atoms with Crippen molar-refractivity contribution in [2.24, 2.45) is 5.92 Å². The van der Waals surface area contributed by atoms with Gasteiger partial charge in [0.15, 0.2) is 5.15 Å². The zero-order valence-corrected chi connectivity index (χ0v) is 17.0. The van der Waals surface area contributed by atoms with Crippen LogP contribution in [0.2, 0.25) is 5.15 Å². The van der Waals surface area contributed by atoms with Crippen LogP contribution in [0.4, 0.5) is 11.8 Å². The van der Waals surface area contributed by atoms with Crippen LogP contribution in [0.3, 0.4) is 0 Å². The maximum atomic E-state index is 10.3. The smallest absolute Gasteiger partial charge is 0.229 e. The summed E-state index contributed by atoms with van der Waals surface area (Å²) >= 11 is 6.28. The van der Waals surface area contributed by atoms with Gasteiger partial charge in [0, 0.05) is 12.8 Å². The third-order valence-electron chi connectivity index (χ3n) is 4.53. The van der Waals surface area contributed by atoms with E-state index in [2.05, 4.69) is 32.1 Å². The first-order valence-corrected chi connectivity index (χ1v) is 9.77. The lowest BCUT2D eigenvalue weighted by atomic mass is 10.1. The quantitative estimate of drug-likeness (QED) is 0.428. The van der Waals surface area contributed by atoms with Crippen molar-refractivity contribution in [3.63, 3.8) is 0 Å². The minimum atomic E-state index is -0.618. The third kappa shape index (κ3) is 5.26. The second kappa shape index (κ2) is 9.27. The maximum absolute atomic E-state index is 10.3. The molecule has 0 radical (unpaired) electrons. The van der Waals surface area contributed by atoms with Crippen molar-refractivity contribution in [3.8, 4) is 17.7 Å². The number of pyridine rings is 1. The second-order valence-corrected chi connectivity index (χ2v) is 7.57. The first kappa shape index (κ1) is 21.1. The van der Waals surface area contributed by atoms with Crippen molar-refractivity contribution in [1.29, 1.82) is 0 Å². The van der Waals surface area contributed by atoms with Crippen LogP contribution in [0.25, 0.3) is 0 Å². The van der Waals surface area contributed by atoms with E-state index < -0.39 is 6.10 Å². The van der Waals surface area contributed by atoms with Gasteiger partial charge in [0.25, 0.3) is 0 Å². The van der Waals surface area contributed by atoms with Gasteiger partial charge in [-0.1, -0.05) is 23.4 Å². The van der Waals surface area contributed by atoms with Crippen LogP contribution in [-0.4, -0.2) is 50.0 Å². The van der Waals surface area contributed by atoms with Crippen molar-refractivity contribution in [3.05, 3.63) is 34.6 Å². The molecule has 2 aromatic heterocycles. The van der Waals surface area contributed by atoms with E-state index in [0.29, 0.717) is 35.7 Å². The van der Waals surface area contributed by atoms with E-state index in [1.54, 1.807) is 18.3 Å². The van der Waals surface area contributed by atoms with Gasteiger partial charge in [0.1, 0.15) is 11.4 Å². The number of aliphatic hydroxyl groups excluding tert-OH is 2. The first-order valence-electron chi connectivity index (χ1n) is 9.39. The van der Waals surface area contributed by atoms with Crippen molar-refractivity contribution < 1.29 is 14.9 Å². The first-order chi connectivity index (χ1) is 13.9. The Morgan fingerprint density at radius 3 is 2.83 bits per heavy atom. The molecule has 9 heteroatoms. The molecule has 1 saturated carbocycles. The molecule has 154 valence electrons. The molecule has 8 nitrogen and oxygen atoms in total. The molecule has 29 heavy (non-hydrogen) atoms. The molecule has 1 aliphatic carbocycles. The molecule has 3 atom stereocenters. The molecule has 0 saturated heterocycles. The average molecular weight is 418 g/mol. The summed E-state index contributed by atoms with van der Waals surface area (Å²) in [6.07, 6.45) is 2.08. The summed E-state index contributed by atoms with van der Waals surface area (Å²) in [6, 6.07) is 3.27. The summed E-state index contributed by atoms with van der Waals surface area (Å²) in [4.78, 5) is 12.4. The van der Waals surface area contributed by atoms with Gasteiger partial charge in [-0.3, -0.25) is 0 Å². The van der Waals surface area contributed by atoms with E-state index in [-0.39, 0.29) is 35.8 Å². The molecule has 2 heterocycles. The van der Waals surface area contributed by atoms with Gasteiger partial charge in [0.05, 0.1) is 23.8 Å². The molecular formula is C20H24ClN5O3. The minimum Gasteiger partial charge on any atom is -0.474 e. The van der Waals surface area contributed by atoms with Gasteiger partial charge in [-0.2, -0.15) is 9.97 Å². The lowest BCUT2D eigenvalue weighted by Gasteiger charge is -2.18. The molecule has 0 aromatic carbocycles. The summed E-state index contributed by atoms with van der Waals surface area (Å²) in [5.74, 6) is 6.77. The fraction of sp³-hybridized carbons (Fsp3) is 0.450. The zero-order chi connectivity index (χ0) is 21.0. The fourth-order valence-corrected chi connectivity index (χ4v) is 3.42. The SMILES string of the molecule is CC(C)Oc1ncccc1C#Cc1c(Cl)nc(N)nc1N[C@@H]1C[C@H](CO)C[C@H]1O. The number of hydrogen-bond donors (Lipinski definition) is 4. The summed E-state index contributed by atoms with van der Waals surface area (Å²) in [6.45, 7) is 3.84. The van der Waals surface area contributed by atoms with Gasteiger partial charge >= 0.3 is 0 Å². The number of aliphatic hydroxyl groups is 2. The van der Waals surface area contributed by atoms with E-state index in [9.17, 15) is 10.2 Å². The highest BCUT2D eigenvalue weighted by Crippen LogP contribution is 2.30. The number of nitrogens with one attached hydrogen (secondary N) is 1. The molecule has 0 spiro atoms. The Labute approximate surface area is 174 Å². The van der Waals surface area contributed by atoms with E-state index in [0.717, 1.165) is 0 Å². The van der Waals surface area contributed by atoms with Crippen molar-refractivity contribution in [2.75, 3.05) is 17.7 Å². The van der Waals surface area contributed by atoms with Crippen LogP contribution >= 0.6 is 11.6 Å². The summed E-state index contributed by atoms with van der Waals surface area (Å²) in [5, 5.41) is 22.9. The Kier molecular flexibility index (Phi) is 6.75. The van der Waals surface area contributed by atoms with Gasteiger partial charge in [-0.15, -0.1) is 0 Å². The number of nitrogens with two attached hydrogens (primary N) is 1. The second-order valence-electron chi connectivity index (χ2n) is 7.21. The molecule has 0 amide bonds. The van der Waals surface area contributed by atoms with Crippen LogP contribution in [0.5, 0.6) is 5.88 Å². The molecule has 1 aliphatic rings. The van der Waals surface area contributed by atoms with Crippen LogP contribution in [0, 0.1) is 17.8 Å². The highest BCUT2D eigenvalue weighted by molar-refractivity contribution is 6.31. The standard InChI is InChI=1S/C20H24ClN5O3/c1-11(2)29-19-13(4-3-7-23-19)5-6-14-17(21)25-20(22)26-18(14)24-15-8-12(10-27)9-16(15)28/h3-4,7,11-12,15-16,27-28H,8-10H2,1-2H3,(H3,22,24,25,26)/t12-,15+,16+/m0/s1. The Bertz CT molecular complexity index is 928. The predicted octanol–water partition coefficient (Wildman–Crippen LogP) is 1.84. The van der Waals surface area contributed by atoms with Crippen molar-refractivity contribution in [2.45, 2.75) is 44.9 Å². The molecule has 0 unspecified atom stereocenters. The predicted molar refractivity (Wildman–Crippen MR) is 111 cm³/mol. The van der Waals surface area contributed by atoms with E-state index >= 15 is 0 Å². The Balaban J connectivity index is 1.93. The number of hydrogen-bond acceptors (Lipinski definition) is 8. The van der Waals surface area contributed by atoms with E-state index in [1.165, 1.54) is 0 Å². The topological polar surface area (TPSA) is 126 Å². The van der Waals surface area contributed by atoms with Crippen LogP contribution in [-0.2, 0) is 0 Å².